The Bertz CT molecular complexity index is 248. The van der Waals surface area contributed by atoms with E-state index in [1.807, 2.05) is 0 Å². The van der Waals surface area contributed by atoms with Crippen LogP contribution in [-0.4, -0.2) is 24.2 Å². The molecule has 74 valence electrons. The van der Waals surface area contributed by atoms with Crippen molar-refractivity contribution in [2.75, 3.05) is 7.05 Å². The van der Waals surface area contributed by atoms with Crippen LogP contribution >= 0.6 is 12.4 Å². The van der Waals surface area contributed by atoms with Crippen LogP contribution in [0.15, 0.2) is 23.0 Å². The highest BCUT2D eigenvalue weighted by Gasteiger charge is 2.15. The zero-order chi connectivity index (χ0) is 8.97. The number of aliphatic carboxylic acids is 1. The Balaban J connectivity index is 0.00000144. The standard InChI is InChI=1S/C8H11NO3.ClH/c1-9-7(8(10)11)4-6-2-3-12-5-6;/h2-3,5,7,9H,4H2,1H3,(H,10,11);1H. The number of hydrogen-bond donors (Lipinski definition) is 2. The summed E-state index contributed by atoms with van der Waals surface area (Å²) in [5, 5.41) is 11.4. The lowest BCUT2D eigenvalue weighted by molar-refractivity contribution is -0.139. The predicted molar refractivity (Wildman–Crippen MR) is 50.1 cm³/mol. The molecule has 2 N–H and O–H groups in total. The molecular weight excluding hydrogens is 194 g/mol. The van der Waals surface area contributed by atoms with E-state index in [-0.39, 0.29) is 12.4 Å². The molecule has 13 heavy (non-hydrogen) atoms. The van der Waals surface area contributed by atoms with Gasteiger partial charge in [-0.1, -0.05) is 0 Å². The molecule has 5 heteroatoms. The van der Waals surface area contributed by atoms with Gasteiger partial charge >= 0.3 is 5.97 Å². The molecule has 1 atom stereocenters. The second-order valence-corrected chi connectivity index (χ2v) is 2.52. The molecular formula is C8H12ClNO3. The fraction of sp³-hybridized carbons (Fsp3) is 0.375. The van der Waals surface area contributed by atoms with Crippen molar-refractivity contribution < 1.29 is 14.3 Å². The van der Waals surface area contributed by atoms with E-state index >= 15 is 0 Å². The Morgan fingerprint density at radius 2 is 2.46 bits per heavy atom. The maximum Gasteiger partial charge on any atom is 0.321 e. The maximum atomic E-state index is 10.6. The molecule has 0 spiro atoms. The molecule has 0 amide bonds. The van der Waals surface area contributed by atoms with E-state index in [0.29, 0.717) is 6.42 Å². The van der Waals surface area contributed by atoms with Crippen molar-refractivity contribution in [2.45, 2.75) is 12.5 Å². The zero-order valence-electron chi connectivity index (χ0n) is 7.19. The Morgan fingerprint density at radius 3 is 2.85 bits per heavy atom. The van der Waals surface area contributed by atoms with Gasteiger partial charge in [0.25, 0.3) is 0 Å². The lowest BCUT2D eigenvalue weighted by Crippen LogP contribution is -2.35. The second kappa shape index (κ2) is 5.61. The number of hydrogen-bond acceptors (Lipinski definition) is 3. The van der Waals surface area contributed by atoms with Crippen molar-refractivity contribution in [3.05, 3.63) is 24.2 Å². The largest absolute Gasteiger partial charge is 0.480 e. The smallest absolute Gasteiger partial charge is 0.321 e. The number of rotatable bonds is 4. The molecule has 0 aliphatic rings. The minimum absolute atomic E-state index is 0. The summed E-state index contributed by atoms with van der Waals surface area (Å²) >= 11 is 0. The van der Waals surface area contributed by atoms with E-state index in [2.05, 4.69) is 5.32 Å². The summed E-state index contributed by atoms with van der Waals surface area (Å²) in [5.74, 6) is -0.848. The first kappa shape index (κ1) is 12.0. The van der Waals surface area contributed by atoms with Gasteiger partial charge in [0.05, 0.1) is 12.5 Å². The molecule has 0 saturated carbocycles. The maximum absolute atomic E-state index is 10.6. The van der Waals surface area contributed by atoms with E-state index in [4.69, 9.17) is 9.52 Å². The van der Waals surface area contributed by atoms with Crippen molar-refractivity contribution >= 4 is 18.4 Å². The highest BCUT2D eigenvalue weighted by Crippen LogP contribution is 2.03. The van der Waals surface area contributed by atoms with E-state index in [0.717, 1.165) is 5.56 Å². The molecule has 0 aromatic carbocycles. The van der Waals surface area contributed by atoms with E-state index < -0.39 is 12.0 Å². The van der Waals surface area contributed by atoms with Crippen molar-refractivity contribution in [1.82, 2.24) is 5.32 Å². The Hall–Kier alpha value is -1.00. The molecule has 0 aliphatic heterocycles. The van der Waals surface area contributed by atoms with Gasteiger partial charge in [0, 0.05) is 6.42 Å². The first-order chi connectivity index (χ1) is 5.74. The first-order valence-electron chi connectivity index (χ1n) is 3.65. The number of likely N-dealkylation sites (N-methyl/N-ethyl adjacent to an activating group) is 1. The highest BCUT2D eigenvalue weighted by molar-refractivity contribution is 5.85. The van der Waals surface area contributed by atoms with Crippen molar-refractivity contribution in [3.63, 3.8) is 0 Å². The third kappa shape index (κ3) is 3.48. The van der Waals surface area contributed by atoms with Gasteiger partial charge in [0.2, 0.25) is 0 Å². The Morgan fingerprint density at radius 1 is 1.77 bits per heavy atom. The fourth-order valence-electron chi connectivity index (χ4n) is 0.957. The molecule has 0 bridgehead atoms. The molecule has 1 aromatic rings. The summed E-state index contributed by atoms with van der Waals surface area (Å²) in [4.78, 5) is 10.6. The summed E-state index contributed by atoms with van der Waals surface area (Å²) in [6.07, 6.45) is 3.53. The zero-order valence-corrected chi connectivity index (χ0v) is 8.00. The molecule has 1 aromatic heterocycles. The number of nitrogens with one attached hydrogen (secondary N) is 1. The van der Waals surface area contributed by atoms with Gasteiger partial charge in [-0.2, -0.15) is 0 Å². The fourth-order valence-corrected chi connectivity index (χ4v) is 0.957. The van der Waals surface area contributed by atoms with Crippen LogP contribution in [0.1, 0.15) is 5.56 Å². The number of carboxylic acid groups (broad SMARTS) is 1. The number of furan rings is 1. The number of carboxylic acids is 1. The topological polar surface area (TPSA) is 62.5 Å². The van der Waals surface area contributed by atoms with E-state index in [1.54, 1.807) is 19.4 Å². The third-order valence-corrected chi connectivity index (χ3v) is 1.67. The van der Waals surface area contributed by atoms with Gasteiger partial charge in [0.1, 0.15) is 6.04 Å². The third-order valence-electron chi connectivity index (χ3n) is 1.67. The minimum atomic E-state index is -0.848. The SMILES string of the molecule is CNC(Cc1ccoc1)C(=O)O.Cl. The van der Waals surface area contributed by atoms with Crippen LogP contribution in [0.25, 0.3) is 0 Å². The summed E-state index contributed by atoms with van der Waals surface area (Å²) in [6.45, 7) is 0. The van der Waals surface area contributed by atoms with Gasteiger partial charge in [0.15, 0.2) is 0 Å². The lowest BCUT2D eigenvalue weighted by atomic mass is 10.1. The molecule has 1 unspecified atom stereocenters. The van der Waals surface area contributed by atoms with Gasteiger partial charge < -0.3 is 14.8 Å². The Labute approximate surface area is 82.3 Å². The van der Waals surface area contributed by atoms with Crippen LogP contribution in [0.3, 0.4) is 0 Å². The monoisotopic (exact) mass is 205 g/mol. The number of halogens is 1. The normalized spacial score (nSPS) is 11.8. The number of carbonyl (C=O) groups is 1. The second-order valence-electron chi connectivity index (χ2n) is 2.52. The predicted octanol–water partition coefficient (Wildman–Crippen LogP) is 0.916. The van der Waals surface area contributed by atoms with Crippen molar-refractivity contribution in [2.24, 2.45) is 0 Å². The van der Waals surface area contributed by atoms with Gasteiger partial charge in [-0.05, 0) is 18.7 Å². The van der Waals surface area contributed by atoms with E-state index in [9.17, 15) is 4.79 Å². The van der Waals surface area contributed by atoms with Crippen LogP contribution in [-0.2, 0) is 11.2 Å². The Kier molecular flexibility index (Phi) is 5.18. The van der Waals surface area contributed by atoms with Crippen LogP contribution in [0, 0.1) is 0 Å². The average Bonchev–Trinajstić information content (AvgIpc) is 2.51. The van der Waals surface area contributed by atoms with Crippen molar-refractivity contribution in [3.8, 4) is 0 Å². The lowest BCUT2D eigenvalue weighted by Gasteiger charge is -2.08. The molecule has 0 radical (unpaired) electrons. The van der Waals surface area contributed by atoms with Crippen molar-refractivity contribution in [1.29, 1.82) is 0 Å². The quantitative estimate of drug-likeness (QED) is 0.767. The summed E-state index contributed by atoms with van der Waals surface area (Å²) in [7, 11) is 1.62. The summed E-state index contributed by atoms with van der Waals surface area (Å²) < 4.78 is 4.82. The van der Waals surface area contributed by atoms with Gasteiger partial charge in [-0.25, -0.2) is 0 Å². The highest BCUT2D eigenvalue weighted by atomic mass is 35.5. The molecule has 1 heterocycles. The van der Waals surface area contributed by atoms with Crippen LogP contribution in [0.2, 0.25) is 0 Å². The molecule has 4 nitrogen and oxygen atoms in total. The van der Waals surface area contributed by atoms with Gasteiger partial charge in [-0.15, -0.1) is 12.4 Å². The average molecular weight is 206 g/mol. The molecule has 0 aliphatic carbocycles. The molecule has 0 fully saturated rings. The summed E-state index contributed by atoms with van der Waals surface area (Å²) in [5.41, 5.74) is 0.886. The van der Waals surface area contributed by atoms with Gasteiger partial charge in [-0.3, -0.25) is 4.79 Å². The first-order valence-corrected chi connectivity index (χ1v) is 3.65. The summed E-state index contributed by atoms with van der Waals surface area (Å²) in [6, 6.07) is 1.22. The van der Waals surface area contributed by atoms with Crippen LogP contribution in [0.4, 0.5) is 0 Å². The van der Waals surface area contributed by atoms with Crippen LogP contribution < -0.4 is 5.32 Å². The molecule has 1 rings (SSSR count). The van der Waals surface area contributed by atoms with E-state index in [1.165, 1.54) is 6.26 Å². The molecule has 0 saturated heterocycles. The minimum Gasteiger partial charge on any atom is -0.480 e. The van der Waals surface area contributed by atoms with Crippen LogP contribution in [0.5, 0.6) is 0 Å².